The van der Waals surface area contributed by atoms with Gasteiger partial charge in [-0.15, -0.1) is 0 Å². The highest BCUT2D eigenvalue weighted by Gasteiger charge is 2.36. The van der Waals surface area contributed by atoms with Crippen LogP contribution in [0.5, 0.6) is 0 Å². The molecule has 1 heterocycles. The summed E-state index contributed by atoms with van der Waals surface area (Å²) < 4.78 is 0. The van der Waals surface area contributed by atoms with Crippen LogP contribution < -0.4 is 5.32 Å². The molecule has 1 saturated heterocycles. The van der Waals surface area contributed by atoms with Gasteiger partial charge in [-0.25, -0.2) is 0 Å². The summed E-state index contributed by atoms with van der Waals surface area (Å²) in [6.45, 7) is 10.8. The van der Waals surface area contributed by atoms with Gasteiger partial charge in [0.25, 0.3) is 0 Å². The van der Waals surface area contributed by atoms with Crippen LogP contribution in [0.1, 0.15) is 65.7 Å². The van der Waals surface area contributed by atoms with Crippen molar-refractivity contribution in [1.29, 1.82) is 0 Å². The van der Waals surface area contributed by atoms with E-state index < -0.39 is 0 Å². The van der Waals surface area contributed by atoms with E-state index in [0.29, 0.717) is 0 Å². The lowest BCUT2D eigenvalue weighted by Crippen LogP contribution is -2.52. The van der Waals surface area contributed by atoms with E-state index in [-0.39, 0.29) is 0 Å². The Kier molecular flexibility index (Phi) is 6.15. The average molecular weight is 266 g/mol. The van der Waals surface area contributed by atoms with Gasteiger partial charge in [-0.1, -0.05) is 33.6 Å². The first-order valence-electron chi connectivity index (χ1n) is 8.75. The average Bonchev–Trinajstić information content (AvgIpc) is 2.88. The molecule has 1 N–H and O–H groups in total. The van der Waals surface area contributed by atoms with Crippen LogP contribution >= 0.6 is 0 Å². The number of likely N-dealkylation sites (N-methyl/N-ethyl adjacent to an activating group) is 1. The van der Waals surface area contributed by atoms with Crippen molar-refractivity contribution in [2.45, 2.75) is 77.8 Å². The lowest BCUT2D eigenvalue weighted by atomic mass is 9.80. The van der Waals surface area contributed by atoms with Crippen molar-refractivity contribution in [2.75, 3.05) is 19.6 Å². The molecule has 2 fully saturated rings. The number of hydrogen-bond donors (Lipinski definition) is 1. The summed E-state index contributed by atoms with van der Waals surface area (Å²) in [7, 11) is 0. The van der Waals surface area contributed by atoms with Gasteiger partial charge in [0, 0.05) is 18.6 Å². The Morgan fingerprint density at radius 1 is 1.05 bits per heavy atom. The number of hydrogen-bond acceptors (Lipinski definition) is 2. The van der Waals surface area contributed by atoms with E-state index in [9.17, 15) is 0 Å². The van der Waals surface area contributed by atoms with Crippen LogP contribution in [0.2, 0.25) is 0 Å². The van der Waals surface area contributed by atoms with Gasteiger partial charge in [-0.05, 0) is 57.0 Å². The SMILES string of the molecule is CCCC1CCN(C2CC(CC)CCC2NCC)C1. The second kappa shape index (κ2) is 7.64. The molecule has 19 heavy (non-hydrogen) atoms. The molecule has 0 bridgehead atoms. The third kappa shape index (κ3) is 3.95. The molecule has 0 aromatic carbocycles. The van der Waals surface area contributed by atoms with Gasteiger partial charge in [-0.3, -0.25) is 4.90 Å². The van der Waals surface area contributed by atoms with E-state index in [1.807, 2.05) is 0 Å². The van der Waals surface area contributed by atoms with Gasteiger partial charge >= 0.3 is 0 Å². The Labute approximate surface area is 120 Å². The molecule has 0 amide bonds. The van der Waals surface area contributed by atoms with E-state index in [2.05, 4.69) is 31.0 Å². The maximum Gasteiger partial charge on any atom is 0.0252 e. The minimum atomic E-state index is 0.758. The molecule has 0 spiro atoms. The van der Waals surface area contributed by atoms with Crippen molar-refractivity contribution in [3.8, 4) is 0 Å². The maximum atomic E-state index is 3.76. The fourth-order valence-electron chi connectivity index (χ4n) is 4.31. The summed E-state index contributed by atoms with van der Waals surface area (Å²) in [4.78, 5) is 2.83. The van der Waals surface area contributed by atoms with Crippen molar-refractivity contribution in [1.82, 2.24) is 10.2 Å². The van der Waals surface area contributed by atoms with Gasteiger partial charge in [-0.2, -0.15) is 0 Å². The fourth-order valence-corrected chi connectivity index (χ4v) is 4.31. The molecule has 4 atom stereocenters. The van der Waals surface area contributed by atoms with E-state index in [1.165, 1.54) is 58.0 Å². The highest BCUT2D eigenvalue weighted by molar-refractivity contribution is 4.93. The smallest absolute Gasteiger partial charge is 0.0252 e. The van der Waals surface area contributed by atoms with Crippen LogP contribution in [0.15, 0.2) is 0 Å². The first-order valence-corrected chi connectivity index (χ1v) is 8.75. The normalized spacial score (nSPS) is 36.8. The van der Waals surface area contributed by atoms with Gasteiger partial charge in [0.15, 0.2) is 0 Å². The minimum absolute atomic E-state index is 0.758. The highest BCUT2D eigenvalue weighted by atomic mass is 15.2. The summed E-state index contributed by atoms with van der Waals surface area (Å²) in [5.74, 6) is 1.96. The number of nitrogens with zero attached hydrogens (tertiary/aromatic N) is 1. The van der Waals surface area contributed by atoms with Crippen LogP contribution in [0.3, 0.4) is 0 Å². The van der Waals surface area contributed by atoms with Crippen LogP contribution in [-0.4, -0.2) is 36.6 Å². The molecule has 112 valence electrons. The largest absolute Gasteiger partial charge is 0.313 e. The first-order chi connectivity index (χ1) is 9.28. The van der Waals surface area contributed by atoms with Gasteiger partial charge < -0.3 is 5.32 Å². The quantitative estimate of drug-likeness (QED) is 0.789. The monoisotopic (exact) mass is 266 g/mol. The molecule has 2 rings (SSSR count). The zero-order valence-electron chi connectivity index (χ0n) is 13.3. The van der Waals surface area contributed by atoms with Crippen LogP contribution in [-0.2, 0) is 0 Å². The number of nitrogens with one attached hydrogen (secondary N) is 1. The summed E-state index contributed by atoms with van der Waals surface area (Å²) in [5, 5.41) is 3.76. The third-order valence-electron chi connectivity index (χ3n) is 5.45. The topological polar surface area (TPSA) is 15.3 Å². The maximum absolute atomic E-state index is 3.76. The Balaban J connectivity index is 1.93. The lowest BCUT2D eigenvalue weighted by molar-refractivity contribution is 0.113. The molecule has 1 aliphatic heterocycles. The summed E-state index contributed by atoms with van der Waals surface area (Å²) >= 11 is 0. The summed E-state index contributed by atoms with van der Waals surface area (Å²) in [6, 6.07) is 1.58. The Morgan fingerprint density at radius 3 is 2.58 bits per heavy atom. The fraction of sp³-hybridized carbons (Fsp3) is 1.00. The Bertz CT molecular complexity index is 254. The predicted molar refractivity (Wildman–Crippen MR) is 83.5 cm³/mol. The van der Waals surface area contributed by atoms with Crippen LogP contribution in [0, 0.1) is 11.8 Å². The predicted octanol–water partition coefficient (Wildman–Crippen LogP) is 3.67. The van der Waals surface area contributed by atoms with E-state index in [0.717, 1.165) is 30.5 Å². The molecular weight excluding hydrogens is 232 g/mol. The molecule has 0 radical (unpaired) electrons. The van der Waals surface area contributed by atoms with Crippen molar-refractivity contribution in [3.05, 3.63) is 0 Å². The molecule has 1 aliphatic carbocycles. The van der Waals surface area contributed by atoms with Crippen molar-refractivity contribution >= 4 is 0 Å². The molecule has 4 unspecified atom stereocenters. The van der Waals surface area contributed by atoms with Crippen LogP contribution in [0.4, 0.5) is 0 Å². The van der Waals surface area contributed by atoms with Crippen molar-refractivity contribution < 1.29 is 0 Å². The van der Waals surface area contributed by atoms with Crippen LogP contribution in [0.25, 0.3) is 0 Å². The highest BCUT2D eigenvalue weighted by Crippen LogP contribution is 2.33. The summed E-state index contributed by atoms with van der Waals surface area (Å²) in [6.07, 6.45) is 9.89. The molecule has 2 aliphatic rings. The third-order valence-corrected chi connectivity index (χ3v) is 5.45. The Hall–Kier alpha value is -0.0800. The zero-order valence-corrected chi connectivity index (χ0v) is 13.3. The zero-order chi connectivity index (χ0) is 13.7. The molecular formula is C17H34N2. The second-order valence-corrected chi connectivity index (χ2v) is 6.76. The second-order valence-electron chi connectivity index (χ2n) is 6.76. The number of rotatable bonds is 6. The van der Waals surface area contributed by atoms with E-state index in [1.54, 1.807) is 0 Å². The van der Waals surface area contributed by atoms with Crippen molar-refractivity contribution in [3.63, 3.8) is 0 Å². The van der Waals surface area contributed by atoms with Gasteiger partial charge in [0.1, 0.15) is 0 Å². The number of likely N-dealkylation sites (tertiary alicyclic amines) is 1. The molecule has 2 heteroatoms. The van der Waals surface area contributed by atoms with Gasteiger partial charge in [0.05, 0.1) is 0 Å². The first kappa shape index (κ1) is 15.3. The molecule has 0 aromatic rings. The van der Waals surface area contributed by atoms with E-state index in [4.69, 9.17) is 0 Å². The molecule has 1 saturated carbocycles. The molecule has 2 nitrogen and oxygen atoms in total. The van der Waals surface area contributed by atoms with E-state index >= 15 is 0 Å². The van der Waals surface area contributed by atoms with Gasteiger partial charge in [0.2, 0.25) is 0 Å². The standard InChI is InChI=1S/C17H34N2/c1-4-7-15-10-11-19(13-15)17-12-14(5-2)8-9-16(17)18-6-3/h14-18H,4-13H2,1-3H3. The lowest BCUT2D eigenvalue weighted by Gasteiger charge is -2.41. The summed E-state index contributed by atoms with van der Waals surface area (Å²) in [5.41, 5.74) is 0. The Morgan fingerprint density at radius 2 is 1.89 bits per heavy atom. The minimum Gasteiger partial charge on any atom is -0.313 e. The van der Waals surface area contributed by atoms with Crippen molar-refractivity contribution in [2.24, 2.45) is 11.8 Å². The molecule has 0 aromatic heterocycles.